The number of Topliss-reactive ketones (excluding diaryl/α,β-unsaturated/α-hetero) is 1. The maximum atomic E-state index is 12.8. The molecular formula is C18H14FNO3. The second-order valence-electron chi connectivity index (χ2n) is 5.09. The number of ketones is 1. The molecule has 0 radical (unpaired) electrons. The van der Waals surface area contributed by atoms with Crippen molar-refractivity contribution in [3.8, 4) is 0 Å². The van der Waals surface area contributed by atoms with Crippen molar-refractivity contribution in [3.63, 3.8) is 0 Å². The summed E-state index contributed by atoms with van der Waals surface area (Å²) < 4.78 is 17.8. The van der Waals surface area contributed by atoms with Crippen molar-refractivity contribution in [3.05, 3.63) is 71.7 Å². The van der Waals surface area contributed by atoms with E-state index in [1.165, 1.54) is 18.3 Å². The predicted octanol–water partition coefficient (Wildman–Crippen LogP) is 3.28. The lowest BCUT2D eigenvalue weighted by Gasteiger charge is -2.04. The highest BCUT2D eigenvalue weighted by molar-refractivity contribution is 6.42. The zero-order valence-electron chi connectivity index (χ0n) is 12.2. The van der Waals surface area contributed by atoms with E-state index in [0.717, 1.165) is 11.1 Å². The quantitative estimate of drug-likeness (QED) is 0.447. The molecule has 1 aromatic heterocycles. The molecule has 0 aliphatic heterocycles. The van der Waals surface area contributed by atoms with E-state index in [1.54, 1.807) is 24.3 Å². The van der Waals surface area contributed by atoms with Crippen LogP contribution in [0.25, 0.3) is 10.9 Å². The van der Waals surface area contributed by atoms with Crippen molar-refractivity contribution in [1.29, 1.82) is 0 Å². The lowest BCUT2D eigenvalue weighted by atomic mass is 10.1. The SMILES string of the molecule is O=C(OCCc1ccc(F)cc1)C(=O)c1c[nH]c2ccccc12. The van der Waals surface area contributed by atoms with Crippen LogP contribution in [-0.2, 0) is 16.0 Å². The molecular weight excluding hydrogens is 297 g/mol. The number of hydrogen-bond acceptors (Lipinski definition) is 3. The van der Waals surface area contributed by atoms with Gasteiger partial charge in [-0.25, -0.2) is 9.18 Å². The van der Waals surface area contributed by atoms with E-state index in [-0.39, 0.29) is 12.4 Å². The fourth-order valence-corrected chi connectivity index (χ4v) is 2.35. The average molecular weight is 311 g/mol. The van der Waals surface area contributed by atoms with Gasteiger partial charge in [0, 0.05) is 23.5 Å². The lowest BCUT2D eigenvalue weighted by molar-refractivity contribution is -0.138. The standard InChI is InChI=1S/C18H14FNO3/c19-13-7-5-12(6-8-13)9-10-23-18(22)17(21)15-11-20-16-4-2-1-3-14(15)16/h1-8,11,20H,9-10H2. The fraction of sp³-hybridized carbons (Fsp3) is 0.111. The average Bonchev–Trinajstić information content (AvgIpc) is 3.00. The van der Waals surface area contributed by atoms with Crippen LogP contribution in [0.15, 0.2) is 54.7 Å². The number of benzene rings is 2. The first-order valence-electron chi connectivity index (χ1n) is 7.17. The number of ether oxygens (including phenoxy) is 1. The van der Waals surface area contributed by atoms with Crippen LogP contribution in [0.5, 0.6) is 0 Å². The monoisotopic (exact) mass is 311 g/mol. The Bertz CT molecular complexity index is 852. The van der Waals surface area contributed by atoms with Gasteiger partial charge in [0.2, 0.25) is 0 Å². The number of para-hydroxylation sites is 1. The van der Waals surface area contributed by atoms with Gasteiger partial charge >= 0.3 is 5.97 Å². The smallest absolute Gasteiger partial charge is 0.379 e. The molecule has 1 heterocycles. The highest BCUT2D eigenvalue weighted by Crippen LogP contribution is 2.18. The molecule has 4 nitrogen and oxygen atoms in total. The van der Waals surface area contributed by atoms with Gasteiger partial charge in [0.05, 0.1) is 12.2 Å². The lowest BCUT2D eigenvalue weighted by Crippen LogP contribution is -2.18. The highest BCUT2D eigenvalue weighted by Gasteiger charge is 2.21. The number of aromatic amines is 1. The van der Waals surface area contributed by atoms with Crippen LogP contribution in [0.1, 0.15) is 15.9 Å². The number of esters is 1. The fourth-order valence-electron chi connectivity index (χ4n) is 2.35. The minimum absolute atomic E-state index is 0.0680. The topological polar surface area (TPSA) is 59.2 Å². The van der Waals surface area contributed by atoms with Crippen LogP contribution in [-0.4, -0.2) is 23.3 Å². The van der Waals surface area contributed by atoms with Crippen LogP contribution in [0, 0.1) is 5.82 Å². The molecule has 116 valence electrons. The van der Waals surface area contributed by atoms with E-state index in [4.69, 9.17) is 4.74 Å². The van der Waals surface area contributed by atoms with Gasteiger partial charge in [-0.15, -0.1) is 0 Å². The maximum absolute atomic E-state index is 12.8. The Morgan fingerprint density at radius 2 is 1.78 bits per heavy atom. The van der Waals surface area contributed by atoms with E-state index in [2.05, 4.69) is 4.98 Å². The summed E-state index contributed by atoms with van der Waals surface area (Å²) >= 11 is 0. The van der Waals surface area contributed by atoms with Crippen molar-refractivity contribution in [1.82, 2.24) is 4.98 Å². The molecule has 5 heteroatoms. The predicted molar refractivity (Wildman–Crippen MR) is 83.7 cm³/mol. The first kappa shape index (κ1) is 15.0. The van der Waals surface area contributed by atoms with Crippen LogP contribution < -0.4 is 0 Å². The second kappa shape index (κ2) is 6.44. The summed E-state index contributed by atoms with van der Waals surface area (Å²) in [5, 5.41) is 0.688. The number of fused-ring (bicyclic) bond motifs is 1. The summed E-state index contributed by atoms with van der Waals surface area (Å²) in [6.07, 6.45) is 1.93. The molecule has 0 saturated carbocycles. The van der Waals surface area contributed by atoms with Gasteiger partial charge in [0.1, 0.15) is 5.82 Å². The minimum atomic E-state index is -0.892. The number of nitrogens with one attached hydrogen (secondary N) is 1. The second-order valence-corrected chi connectivity index (χ2v) is 5.09. The number of carbonyl (C=O) groups is 2. The Kier molecular flexibility index (Phi) is 4.19. The molecule has 0 bridgehead atoms. The number of halogens is 1. The molecule has 0 unspecified atom stereocenters. The summed E-state index contributed by atoms with van der Waals surface area (Å²) in [4.78, 5) is 27.0. The van der Waals surface area contributed by atoms with Gasteiger partial charge in [-0.3, -0.25) is 4.79 Å². The van der Waals surface area contributed by atoms with E-state index in [0.29, 0.717) is 17.4 Å². The van der Waals surface area contributed by atoms with Crippen molar-refractivity contribution in [2.45, 2.75) is 6.42 Å². The first-order valence-corrected chi connectivity index (χ1v) is 7.17. The number of aromatic nitrogens is 1. The van der Waals surface area contributed by atoms with E-state index < -0.39 is 11.8 Å². The molecule has 0 spiro atoms. The van der Waals surface area contributed by atoms with Crippen molar-refractivity contribution in [2.24, 2.45) is 0 Å². The summed E-state index contributed by atoms with van der Waals surface area (Å²) in [5.41, 5.74) is 1.92. The van der Waals surface area contributed by atoms with Crippen LogP contribution >= 0.6 is 0 Å². The van der Waals surface area contributed by atoms with E-state index in [9.17, 15) is 14.0 Å². The third-order valence-electron chi connectivity index (χ3n) is 3.56. The Labute approximate surface area is 131 Å². The minimum Gasteiger partial charge on any atom is -0.459 e. The van der Waals surface area contributed by atoms with Crippen molar-refractivity contribution in [2.75, 3.05) is 6.61 Å². The number of hydrogen-bond donors (Lipinski definition) is 1. The zero-order chi connectivity index (χ0) is 16.2. The first-order chi connectivity index (χ1) is 11.1. The summed E-state index contributed by atoms with van der Waals surface area (Å²) in [6, 6.07) is 13.1. The third kappa shape index (κ3) is 3.29. The van der Waals surface area contributed by atoms with Crippen LogP contribution in [0.4, 0.5) is 4.39 Å². The van der Waals surface area contributed by atoms with Gasteiger partial charge < -0.3 is 9.72 Å². The van der Waals surface area contributed by atoms with Gasteiger partial charge in [0.25, 0.3) is 5.78 Å². The Hall–Kier alpha value is -2.95. The molecule has 0 saturated heterocycles. The number of carbonyl (C=O) groups excluding carboxylic acids is 2. The number of rotatable bonds is 5. The van der Waals surface area contributed by atoms with Gasteiger partial charge in [-0.1, -0.05) is 30.3 Å². The number of H-pyrrole nitrogens is 1. The summed E-state index contributed by atoms with van der Waals surface area (Å²) in [5.74, 6) is -1.89. The maximum Gasteiger partial charge on any atom is 0.379 e. The Balaban J connectivity index is 1.61. The largest absolute Gasteiger partial charge is 0.459 e. The molecule has 1 N–H and O–H groups in total. The molecule has 0 amide bonds. The summed E-state index contributed by atoms with van der Waals surface area (Å²) in [7, 11) is 0. The van der Waals surface area contributed by atoms with E-state index >= 15 is 0 Å². The zero-order valence-corrected chi connectivity index (χ0v) is 12.2. The normalized spacial score (nSPS) is 10.7. The van der Waals surface area contributed by atoms with Gasteiger partial charge in [-0.2, -0.15) is 0 Å². The molecule has 0 aliphatic carbocycles. The molecule has 3 aromatic rings. The van der Waals surface area contributed by atoms with Gasteiger partial charge in [-0.05, 0) is 23.8 Å². The van der Waals surface area contributed by atoms with Crippen molar-refractivity contribution < 1.29 is 18.7 Å². The van der Waals surface area contributed by atoms with Crippen LogP contribution in [0.2, 0.25) is 0 Å². The molecule has 0 fully saturated rings. The summed E-state index contributed by atoms with van der Waals surface area (Å²) in [6.45, 7) is 0.0680. The van der Waals surface area contributed by atoms with E-state index in [1.807, 2.05) is 12.1 Å². The Morgan fingerprint density at radius 3 is 2.57 bits per heavy atom. The van der Waals surface area contributed by atoms with Gasteiger partial charge in [0.15, 0.2) is 0 Å². The molecule has 2 aromatic carbocycles. The highest BCUT2D eigenvalue weighted by atomic mass is 19.1. The van der Waals surface area contributed by atoms with Crippen LogP contribution in [0.3, 0.4) is 0 Å². The molecule has 3 rings (SSSR count). The Morgan fingerprint density at radius 1 is 1.04 bits per heavy atom. The molecule has 0 atom stereocenters. The molecule has 23 heavy (non-hydrogen) atoms. The van der Waals surface area contributed by atoms with Crippen molar-refractivity contribution >= 4 is 22.7 Å². The third-order valence-corrected chi connectivity index (χ3v) is 3.56. The molecule has 0 aliphatic rings.